The van der Waals surface area contributed by atoms with E-state index in [1.165, 1.54) is 12.1 Å². The first-order valence-corrected chi connectivity index (χ1v) is 5.62. The normalized spacial score (nSPS) is 25.5. The molecule has 1 fully saturated rings. The van der Waals surface area contributed by atoms with Crippen molar-refractivity contribution in [3.63, 3.8) is 0 Å². The first-order chi connectivity index (χ1) is 7.16. The highest BCUT2D eigenvalue weighted by atomic mass is 127. The van der Waals surface area contributed by atoms with Crippen molar-refractivity contribution < 1.29 is 19.0 Å². The molecule has 0 radical (unpaired) electrons. The highest BCUT2D eigenvalue weighted by molar-refractivity contribution is 14.1. The minimum absolute atomic E-state index is 0.274. The van der Waals surface area contributed by atoms with E-state index in [1.54, 1.807) is 6.07 Å². The van der Waals surface area contributed by atoms with E-state index in [-0.39, 0.29) is 12.4 Å². The van der Waals surface area contributed by atoms with Crippen LogP contribution in [-0.2, 0) is 4.74 Å². The summed E-state index contributed by atoms with van der Waals surface area (Å²) < 4.78 is 24.3. The van der Waals surface area contributed by atoms with Crippen molar-refractivity contribution in [3.05, 3.63) is 27.6 Å². The summed E-state index contributed by atoms with van der Waals surface area (Å²) in [4.78, 5) is 0. The lowest BCUT2D eigenvalue weighted by Crippen LogP contribution is -2.30. The van der Waals surface area contributed by atoms with Crippen LogP contribution in [0.3, 0.4) is 0 Å². The molecule has 2 rings (SSSR count). The van der Waals surface area contributed by atoms with Crippen molar-refractivity contribution in [2.75, 3.05) is 13.2 Å². The third-order valence-electron chi connectivity index (χ3n) is 2.17. The molecule has 15 heavy (non-hydrogen) atoms. The summed E-state index contributed by atoms with van der Waals surface area (Å²) in [5.74, 6) is 0.101. The zero-order chi connectivity index (χ0) is 10.8. The molecule has 1 aromatic carbocycles. The average Bonchev–Trinajstić information content (AvgIpc) is 2.58. The Labute approximate surface area is 100 Å². The van der Waals surface area contributed by atoms with Crippen LogP contribution in [0.1, 0.15) is 0 Å². The summed E-state index contributed by atoms with van der Waals surface area (Å²) in [6.45, 7) is 0.615. The second-order valence-corrected chi connectivity index (χ2v) is 4.50. The van der Waals surface area contributed by atoms with Crippen molar-refractivity contribution >= 4 is 22.6 Å². The number of halogens is 2. The van der Waals surface area contributed by atoms with E-state index >= 15 is 0 Å². The van der Waals surface area contributed by atoms with Crippen LogP contribution in [0.25, 0.3) is 0 Å². The molecule has 5 heteroatoms. The standard InChI is InChI=1S/C10H10FIO3/c11-6-1-2-7(12)9(3-6)15-10-5-14-4-8(10)13/h1-3,8,10,13H,4-5H2/t8-,10-/m0/s1. The zero-order valence-corrected chi connectivity index (χ0v) is 9.98. The largest absolute Gasteiger partial charge is 0.484 e. The molecule has 1 heterocycles. The Kier molecular flexibility index (Phi) is 3.42. The molecule has 0 aliphatic carbocycles. The lowest BCUT2D eigenvalue weighted by molar-refractivity contribution is 0.0726. The molecular formula is C10H10FIO3. The molecule has 2 atom stereocenters. The van der Waals surface area contributed by atoms with Gasteiger partial charge in [0.2, 0.25) is 0 Å². The van der Waals surface area contributed by atoms with E-state index in [2.05, 4.69) is 22.6 Å². The Bertz CT molecular complexity index is 359. The van der Waals surface area contributed by atoms with Gasteiger partial charge in [0.1, 0.15) is 23.8 Å². The minimum Gasteiger partial charge on any atom is -0.484 e. The fourth-order valence-corrected chi connectivity index (χ4v) is 1.83. The fourth-order valence-electron chi connectivity index (χ4n) is 1.37. The summed E-state index contributed by atoms with van der Waals surface area (Å²) in [5, 5.41) is 9.46. The quantitative estimate of drug-likeness (QED) is 0.840. The van der Waals surface area contributed by atoms with E-state index in [0.717, 1.165) is 3.57 Å². The summed E-state index contributed by atoms with van der Waals surface area (Å²) >= 11 is 2.06. The molecule has 1 aromatic rings. The lowest BCUT2D eigenvalue weighted by Gasteiger charge is -2.16. The maximum Gasteiger partial charge on any atom is 0.150 e. The predicted molar refractivity (Wildman–Crippen MR) is 60.4 cm³/mol. The first-order valence-electron chi connectivity index (χ1n) is 4.54. The maximum absolute atomic E-state index is 12.9. The molecule has 1 aliphatic heterocycles. The SMILES string of the molecule is O[C@H]1COC[C@@H]1Oc1cc(F)ccc1I. The van der Waals surface area contributed by atoms with E-state index in [9.17, 15) is 9.50 Å². The van der Waals surface area contributed by atoms with Crippen molar-refractivity contribution in [1.82, 2.24) is 0 Å². The monoisotopic (exact) mass is 324 g/mol. The van der Waals surface area contributed by atoms with Crippen LogP contribution in [0.15, 0.2) is 18.2 Å². The van der Waals surface area contributed by atoms with Gasteiger partial charge in [-0.05, 0) is 34.7 Å². The number of benzene rings is 1. The van der Waals surface area contributed by atoms with Crippen molar-refractivity contribution in [2.24, 2.45) is 0 Å². The Morgan fingerprint density at radius 1 is 1.47 bits per heavy atom. The Morgan fingerprint density at radius 3 is 2.93 bits per heavy atom. The van der Waals surface area contributed by atoms with Gasteiger partial charge in [0.25, 0.3) is 0 Å². The molecule has 82 valence electrons. The van der Waals surface area contributed by atoms with Gasteiger partial charge in [-0.1, -0.05) is 0 Å². The van der Waals surface area contributed by atoms with E-state index in [4.69, 9.17) is 9.47 Å². The van der Waals surface area contributed by atoms with Crippen LogP contribution >= 0.6 is 22.6 Å². The molecule has 0 amide bonds. The van der Waals surface area contributed by atoms with Gasteiger partial charge >= 0.3 is 0 Å². The molecule has 1 N–H and O–H groups in total. The molecule has 0 bridgehead atoms. The molecular weight excluding hydrogens is 314 g/mol. The van der Waals surface area contributed by atoms with Crippen LogP contribution in [0, 0.1) is 9.39 Å². The summed E-state index contributed by atoms with van der Waals surface area (Å²) in [6.07, 6.45) is -1.04. The topological polar surface area (TPSA) is 38.7 Å². The molecule has 1 aliphatic rings. The Morgan fingerprint density at radius 2 is 2.27 bits per heavy atom. The van der Waals surface area contributed by atoms with Crippen LogP contribution < -0.4 is 4.74 Å². The Balaban J connectivity index is 2.12. The smallest absolute Gasteiger partial charge is 0.150 e. The average molecular weight is 324 g/mol. The van der Waals surface area contributed by atoms with E-state index < -0.39 is 12.2 Å². The fraction of sp³-hybridized carbons (Fsp3) is 0.400. The molecule has 0 saturated carbocycles. The van der Waals surface area contributed by atoms with Gasteiger partial charge in [0, 0.05) is 6.07 Å². The molecule has 0 unspecified atom stereocenters. The first kappa shape index (κ1) is 11.1. The van der Waals surface area contributed by atoms with Gasteiger partial charge in [0.15, 0.2) is 0 Å². The molecule has 3 nitrogen and oxygen atoms in total. The van der Waals surface area contributed by atoms with Crippen LogP contribution in [-0.4, -0.2) is 30.5 Å². The van der Waals surface area contributed by atoms with E-state index in [0.29, 0.717) is 12.4 Å². The van der Waals surface area contributed by atoms with Crippen molar-refractivity contribution in [1.29, 1.82) is 0 Å². The second kappa shape index (κ2) is 4.63. The van der Waals surface area contributed by atoms with Crippen LogP contribution in [0.2, 0.25) is 0 Å². The number of ether oxygens (including phenoxy) is 2. The van der Waals surface area contributed by atoms with Gasteiger partial charge in [-0.15, -0.1) is 0 Å². The van der Waals surface area contributed by atoms with Gasteiger partial charge < -0.3 is 14.6 Å². The maximum atomic E-state index is 12.9. The van der Waals surface area contributed by atoms with Gasteiger partial charge in [-0.25, -0.2) is 4.39 Å². The number of hydrogen-bond acceptors (Lipinski definition) is 3. The summed E-state index contributed by atoms with van der Waals surface area (Å²) in [7, 11) is 0. The summed E-state index contributed by atoms with van der Waals surface area (Å²) in [6, 6.07) is 4.32. The second-order valence-electron chi connectivity index (χ2n) is 3.34. The predicted octanol–water partition coefficient (Wildman–Crippen LogP) is 1.57. The van der Waals surface area contributed by atoms with Gasteiger partial charge in [-0.2, -0.15) is 0 Å². The Hall–Kier alpha value is -0.400. The van der Waals surface area contributed by atoms with Crippen LogP contribution in [0.5, 0.6) is 5.75 Å². The number of rotatable bonds is 2. The van der Waals surface area contributed by atoms with Crippen LogP contribution in [0.4, 0.5) is 4.39 Å². The highest BCUT2D eigenvalue weighted by Crippen LogP contribution is 2.24. The third kappa shape index (κ3) is 2.59. The minimum atomic E-state index is -0.635. The van der Waals surface area contributed by atoms with Crippen molar-refractivity contribution in [2.45, 2.75) is 12.2 Å². The highest BCUT2D eigenvalue weighted by Gasteiger charge is 2.28. The number of aliphatic hydroxyl groups excluding tert-OH is 1. The van der Waals surface area contributed by atoms with Crippen molar-refractivity contribution in [3.8, 4) is 5.75 Å². The number of aliphatic hydroxyl groups is 1. The zero-order valence-electron chi connectivity index (χ0n) is 7.82. The molecule has 0 spiro atoms. The molecule has 0 aromatic heterocycles. The lowest BCUT2D eigenvalue weighted by atomic mass is 10.2. The van der Waals surface area contributed by atoms with E-state index in [1.807, 2.05) is 0 Å². The molecule has 1 saturated heterocycles. The number of hydrogen-bond donors (Lipinski definition) is 1. The van der Waals surface area contributed by atoms with Gasteiger partial charge in [-0.3, -0.25) is 0 Å². The third-order valence-corrected chi connectivity index (χ3v) is 3.06. The summed E-state index contributed by atoms with van der Waals surface area (Å²) in [5.41, 5.74) is 0. The van der Waals surface area contributed by atoms with Gasteiger partial charge in [0.05, 0.1) is 16.8 Å².